The van der Waals surface area contributed by atoms with Crippen molar-refractivity contribution in [3.8, 4) is 5.75 Å². The third kappa shape index (κ3) is 4.16. The minimum absolute atomic E-state index is 0.137. The maximum absolute atomic E-state index is 10.3. The molecule has 30 heavy (non-hydrogen) atoms. The second kappa shape index (κ2) is 8.44. The quantitative estimate of drug-likeness (QED) is 0.643. The van der Waals surface area contributed by atoms with Gasteiger partial charge in [-0.05, 0) is 103 Å². The van der Waals surface area contributed by atoms with Crippen molar-refractivity contribution in [1.82, 2.24) is 20.2 Å². The molecule has 1 aliphatic rings. The van der Waals surface area contributed by atoms with E-state index in [-0.39, 0.29) is 12.1 Å². The molecule has 1 aromatic heterocycles. The average Bonchev–Trinajstić information content (AvgIpc) is 3.39. The van der Waals surface area contributed by atoms with E-state index in [0.717, 1.165) is 47.7 Å². The van der Waals surface area contributed by atoms with Crippen molar-refractivity contribution in [3.63, 3.8) is 0 Å². The first-order valence-corrected chi connectivity index (χ1v) is 10.4. The van der Waals surface area contributed by atoms with E-state index >= 15 is 0 Å². The molecule has 0 amide bonds. The minimum atomic E-state index is -0.262. The van der Waals surface area contributed by atoms with Gasteiger partial charge in [-0.1, -0.05) is 6.07 Å². The highest BCUT2D eigenvalue weighted by Crippen LogP contribution is 2.32. The molecule has 0 bridgehead atoms. The Morgan fingerprint density at radius 2 is 1.87 bits per heavy atom. The first-order valence-electron chi connectivity index (χ1n) is 10.4. The molecular formula is C23H29N5O2. The number of tetrazole rings is 1. The lowest BCUT2D eigenvalue weighted by atomic mass is 9.99. The van der Waals surface area contributed by atoms with Crippen molar-refractivity contribution in [2.45, 2.75) is 59.2 Å². The van der Waals surface area contributed by atoms with Crippen LogP contribution in [-0.4, -0.2) is 38.0 Å². The van der Waals surface area contributed by atoms with Gasteiger partial charge in [0.2, 0.25) is 0 Å². The Morgan fingerprint density at radius 1 is 1.10 bits per heavy atom. The Balaban J connectivity index is 1.74. The molecule has 3 aromatic rings. The van der Waals surface area contributed by atoms with Gasteiger partial charge in [0.05, 0.1) is 12.6 Å². The molecule has 0 saturated carbocycles. The number of nitrogens with one attached hydrogen (secondary N) is 1. The summed E-state index contributed by atoms with van der Waals surface area (Å²) in [5, 5.41) is 26.5. The van der Waals surface area contributed by atoms with Crippen LogP contribution in [0.15, 0.2) is 30.3 Å². The topological polar surface area (TPSA) is 85.1 Å². The predicted octanol–water partition coefficient (Wildman–Crippen LogP) is 3.99. The van der Waals surface area contributed by atoms with Crippen molar-refractivity contribution in [1.29, 1.82) is 0 Å². The van der Waals surface area contributed by atoms with Gasteiger partial charge in [0.15, 0.2) is 5.82 Å². The number of anilines is 1. The lowest BCUT2D eigenvalue weighted by molar-refractivity contribution is 0.0925. The van der Waals surface area contributed by atoms with Gasteiger partial charge in [0.25, 0.3) is 0 Å². The highest BCUT2D eigenvalue weighted by Gasteiger charge is 2.25. The third-order valence-corrected chi connectivity index (χ3v) is 5.88. The number of benzene rings is 2. The summed E-state index contributed by atoms with van der Waals surface area (Å²) in [5.74, 6) is 1.05. The maximum Gasteiger partial charge on any atom is 0.178 e. The Bertz CT molecular complexity index is 1020. The monoisotopic (exact) mass is 407 g/mol. The predicted molar refractivity (Wildman–Crippen MR) is 116 cm³/mol. The van der Waals surface area contributed by atoms with Crippen LogP contribution in [0.3, 0.4) is 0 Å². The average molecular weight is 408 g/mol. The fraction of sp³-hybridized carbons (Fsp3) is 0.435. The zero-order valence-electron chi connectivity index (χ0n) is 18.0. The van der Waals surface area contributed by atoms with Crippen molar-refractivity contribution in [2.75, 3.05) is 11.9 Å². The number of hydrogen-bond acceptors (Lipinski definition) is 6. The first kappa shape index (κ1) is 20.3. The summed E-state index contributed by atoms with van der Waals surface area (Å²) in [5.41, 5.74) is 6.13. The molecular weight excluding hydrogens is 378 g/mol. The van der Waals surface area contributed by atoms with Gasteiger partial charge in [0.1, 0.15) is 11.8 Å². The summed E-state index contributed by atoms with van der Waals surface area (Å²) in [7, 11) is 0. The van der Waals surface area contributed by atoms with Crippen molar-refractivity contribution in [2.24, 2.45) is 0 Å². The molecule has 0 aliphatic carbocycles. The van der Waals surface area contributed by atoms with Gasteiger partial charge < -0.3 is 15.2 Å². The Labute approximate surface area is 177 Å². The summed E-state index contributed by atoms with van der Waals surface area (Å²) in [6, 6.07) is 10.0. The van der Waals surface area contributed by atoms with Crippen LogP contribution >= 0.6 is 0 Å². The zero-order valence-corrected chi connectivity index (χ0v) is 18.0. The van der Waals surface area contributed by atoms with E-state index in [2.05, 4.69) is 52.9 Å². The van der Waals surface area contributed by atoms with E-state index in [1.54, 1.807) is 0 Å². The molecule has 7 nitrogen and oxygen atoms in total. The van der Waals surface area contributed by atoms with Crippen LogP contribution in [0.2, 0.25) is 0 Å². The van der Waals surface area contributed by atoms with E-state index in [9.17, 15) is 5.11 Å². The van der Waals surface area contributed by atoms with E-state index < -0.39 is 0 Å². The molecule has 2 N–H and O–H groups in total. The molecule has 2 aromatic carbocycles. The van der Waals surface area contributed by atoms with Crippen molar-refractivity contribution in [3.05, 3.63) is 64.0 Å². The number of ether oxygens (including phenoxy) is 1. The second-order valence-corrected chi connectivity index (χ2v) is 8.23. The standard InChI is InChI=1S/C23H29N5O2/c1-14-7-8-19(12-15(14)2)24-21(18-10-16(3)22(29)17(4)11-18)23-25-26-27-28(23)13-20-6-5-9-30-20/h7-8,10-12,20-21,24,29H,5-6,9,13H2,1-4H3. The third-order valence-electron chi connectivity index (χ3n) is 5.88. The van der Waals surface area contributed by atoms with Crippen LogP contribution in [0.25, 0.3) is 0 Å². The van der Waals surface area contributed by atoms with Crippen LogP contribution in [0.4, 0.5) is 5.69 Å². The molecule has 4 rings (SSSR count). The minimum Gasteiger partial charge on any atom is -0.507 e. The Kier molecular flexibility index (Phi) is 5.72. The number of aromatic nitrogens is 4. The highest BCUT2D eigenvalue weighted by atomic mass is 16.5. The largest absolute Gasteiger partial charge is 0.507 e. The summed E-state index contributed by atoms with van der Waals surface area (Å²) in [4.78, 5) is 0. The lowest BCUT2D eigenvalue weighted by Crippen LogP contribution is -2.23. The molecule has 2 unspecified atom stereocenters. The summed E-state index contributed by atoms with van der Waals surface area (Å²) < 4.78 is 7.64. The molecule has 0 spiro atoms. The molecule has 1 fully saturated rings. The van der Waals surface area contributed by atoms with E-state index in [0.29, 0.717) is 12.3 Å². The second-order valence-electron chi connectivity index (χ2n) is 8.23. The normalized spacial score (nSPS) is 17.3. The van der Waals surface area contributed by atoms with Crippen LogP contribution in [-0.2, 0) is 11.3 Å². The molecule has 0 radical (unpaired) electrons. The van der Waals surface area contributed by atoms with E-state index in [1.807, 2.05) is 30.7 Å². The Hall–Kier alpha value is -2.93. The van der Waals surface area contributed by atoms with Gasteiger partial charge in [-0.2, -0.15) is 0 Å². The lowest BCUT2D eigenvalue weighted by Gasteiger charge is -2.22. The number of aryl methyl sites for hydroxylation is 4. The van der Waals surface area contributed by atoms with Gasteiger partial charge in [0, 0.05) is 12.3 Å². The maximum atomic E-state index is 10.3. The summed E-state index contributed by atoms with van der Waals surface area (Å²) in [6.07, 6.45) is 2.23. The van der Waals surface area contributed by atoms with Crippen LogP contribution < -0.4 is 5.32 Å². The van der Waals surface area contributed by atoms with Crippen molar-refractivity contribution < 1.29 is 9.84 Å². The van der Waals surface area contributed by atoms with Crippen LogP contribution in [0.5, 0.6) is 5.75 Å². The molecule has 7 heteroatoms. The smallest absolute Gasteiger partial charge is 0.178 e. The van der Waals surface area contributed by atoms with Crippen LogP contribution in [0.1, 0.15) is 52.5 Å². The fourth-order valence-corrected chi connectivity index (χ4v) is 3.98. The fourth-order valence-electron chi connectivity index (χ4n) is 3.98. The number of nitrogens with zero attached hydrogens (tertiary/aromatic N) is 4. The first-order chi connectivity index (χ1) is 14.4. The summed E-state index contributed by atoms with van der Waals surface area (Å²) in [6.45, 7) is 9.45. The number of rotatable bonds is 6. The van der Waals surface area contributed by atoms with Crippen molar-refractivity contribution >= 4 is 5.69 Å². The molecule has 1 aliphatic heterocycles. The highest BCUT2D eigenvalue weighted by molar-refractivity contribution is 5.53. The van der Waals surface area contributed by atoms with E-state index in [4.69, 9.17) is 4.74 Å². The van der Waals surface area contributed by atoms with Gasteiger partial charge in [-0.15, -0.1) is 5.10 Å². The number of phenols is 1. The van der Waals surface area contributed by atoms with Gasteiger partial charge in [-0.25, -0.2) is 4.68 Å². The molecule has 158 valence electrons. The number of phenolic OH excluding ortho intramolecular Hbond substituents is 1. The molecule has 2 heterocycles. The van der Waals surface area contributed by atoms with Gasteiger partial charge >= 0.3 is 0 Å². The number of aromatic hydroxyl groups is 1. The zero-order chi connectivity index (χ0) is 21.3. The summed E-state index contributed by atoms with van der Waals surface area (Å²) >= 11 is 0. The van der Waals surface area contributed by atoms with E-state index in [1.165, 1.54) is 11.1 Å². The number of hydrogen-bond donors (Lipinski definition) is 2. The van der Waals surface area contributed by atoms with Gasteiger partial charge in [-0.3, -0.25) is 0 Å². The Morgan fingerprint density at radius 3 is 2.53 bits per heavy atom. The SMILES string of the molecule is Cc1ccc(NC(c2cc(C)c(O)c(C)c2)c2nnnn2CC2CCCO2)cc1C. The molecule has 2 atom stereocenters. The van der Waals surface area contributed by atoms with Crippen LogP contribution in [0, 0.1) is 27.7 Å². The molecule has 1 saturated heterocycles.